The minimum absolute atomic E-state index is 0.0341. The van der Waals surface area contributed by atoms with Gasteiger partial charge in [0, 0.05) is 37.3 Å². The molecule has 23 heavy (non-hydrogen) atoms. The number of nitrogen functional groups attached to an aromatic ring is 1. The molecule has 2 heterocycles. The number of hydrogen-bond acceptors (Lipinski definition) is 4. The number of ether oxygens (including phenoxy) is 1. The van der Waals surface area contributed by atoms with Crippen molar-refractivity contribution in [1.29, 1.82) is 0 Å². The Morgan fingerprint density at radius 1 is 1.04 bits per heavy atom. The molecule has 2 aliphatic rings. The van der Waals surface area contributed by atoms with E-state index in [1.54, 1.807) is 0 Å². The van der Waals surface area contributed by atoms with Crippen LogP contribution in [0.25, 0.3) is 0 Å². The normalized spacial score (nSPS) is 19.0. The van der Waals surface area contributed by atoms with Crippen LogP contribution < -0.4 is 20.7 Å². The Morgan fingerprint density at radius 2 is 1.74 bits per heavy atom. The van der Waals surface area contributed by atoms with E-state index in [0.29, 0.717) is 12.8 Å². The molecule has 1 amide bonds. The number of fused-ring (bicyclic) bond motifs is 1. The molecule has 0 aliphatic carbocycles. The Balaban J connectivity index is 1.52. The Bertz CT molecular complexity index is 734. The van der Waals surface area contributed by atoms with E-state index in [1.807, 2.05) is 48.5 Å². The van der Waals surface area contributed by atoms with Crippen molar-refractivity contribution in [2.45, 2.75) is 18.4 Å². The summed E-state index contributed by atoms with van der Waals surface area (Å²) in [6.07, 6.45) is 1.33. The molecule has 4 rings (SSSR count). The molecule has 2 aromatic carbocycles. The van der Waals surface area contributed by atoms with E-state index in [4.69, 9.17) is 10.5 Å². The summed E-state index contributed by atoms with van der Waals surface area (Å²) in [6.45, 7) is 1.55. The second kappa shape index (κ2) is 5.19. The number of carbonyl (C=O) groups is 1. The van der Waals surface area contributed by atoms with Crippen molar-refractivity contribution in [3.63, 3.8) is 0 Å². The van der Waals surface area contributed by atoms with Crippen molar-refractivity contribution < 1.29 is 9.53 Å². The molecule has 2 aliphatic heterocycles. The van der Waals surface area contributed by atoms with Gasteiger partial charge < -0.3 is 20.7 Å². The number of para-hydroxylation sites is 2. The van der Waals surface area contributed by atoms with Crippen LogP contribution in [0.5, 0.6) is 5.75 Å². The van der Waals surface area contributed by atoms with Crippen LogP contribution in [0, 0.1) is 0 Å². The Kier molecular flexibility index (Phi) is 3.15. The van der Waals surface area contributed by atoms with Gasteiger partial charge in [-0.3, -0.25) is 4.79 Å². The maximum Gasteiger partial charge on any atom is 0.268 e. The van der Waals surface area contributed by atoms with Crippen LogP contribution in [0.4, 0.5) is 17.1 Å². The van der Waals surface area contributed by atoms with Gasteiger partial charge in [-0.1, -0.05) is 12.1 Å². The highest BCUT2D eigenvalue weighted by molar-refractivity contribution is 6.01. The number of nitrogens with zero attached hydrogens (tertiary/aromatic N) is 1. The first-order valence-corrected chi connectivity index (χ1v) is 7.86. The standard InChI is InChI=1S/C18H19N3O2/c19-13-5-7-14(8-6-13)21-11-9-18(10-12-21)17(22)20-15-3-1-2-4-16(15)23-18/h1-8H,9-12,19H2,(H,20,22). The van der Waals surface area contributed by atoms with E-state index in [9.17, 15) is 4.79 Å². The van der Waals surface area contributed by atoms with Crippen LogP contribution >= 0.6 is 0 Å². The number of nitrogens with two attached hydrogens (primary N) is 1. The third-order valence-corrected chi connectivity index (χ3v) is 4.68. The molecule has 0 bridgehead atoms. The van der Waals surface area contributed by atoms with Gasteiger partial charge in [0.05, 0.1) is 5.69 Å². The average Bonchev–Trinajstić information content (AvgIpc) is 2.58. The average molecular weight is 309 g/mol. The highest BCUT2D eigenvalue weighted by atomic mass is 16.5. The molecule has 5 nitrogen and oxygen atoms in total. The summed E-state index contributed by atoms with van der Waals surface area (Å²) in [5, 5.41) is 2.98. The van der Waals surface area contributed by atoms with E-state index in [1.165, 1.54) is 0 Å². The Labute approximate surface area is 135 Å². The van der Waals surface area contributed by atoms with Crippen LogP contribution in [0.1, 0.15) is 12.8 Å². The number of benzene rings is 2. The summed E-state index contributed by atoms with van der Waals surface area (Å²) >= 11 is 0. The molecule has 0 atom stereocenters. The number of nitrogens with one attached hydrogen (secondary N) is 1. The fourth-order valence-electron chi connectivity index (χ4n) is 3.29. The van der Waals surface area contributed by atoms with Crippen molar-refractivity contribution in [3.8, 4) is 5.75 Å². The Hall–Kier alpha value is -2.69. The largest absolute Gasteiger partial charge is 0.475 e. The first-order valence-electron chi connectivity index (χ1n) is 7.86. The molecule has 0 aromatic heterocycles. The van der Waals surface area contributed by atoms with Gasteiger partial charge in [-0.15, -0.1) is 0 Å². The van der Waals surface area contributed by atoms with Crippen LogP contribution in [0.15, 0.2) is 48.5 Å². The molecule has 0 saturated carbocycles. The summed E-state index contributed by atoms with van der Waals surface area (Å²) in [6, 6.07) is 15.4. The van der Waals surface area contributed by atoms with Crippen LogP contribution in [-0.2, 0) is 4.79 Å². The summed E-state index contributed by atoms with van der Waals surface area (Å²) in [5.74, 6) is 0.723. The lowest BCUT2D eigenvalue weighted by Gasteiger charge is -2.43. The van der Waals surface area contributed by atoms with Crippen molar-refractivity contribution in [2.75, 3.05) is 29.0 Å². The van der Waals surface area contributed by atoms with Gasteiger partial charge in [0.1, 0.15) is 5.75 Å². The predicted octanol–water partition coefficient (Wildman–Crippen LogP) is 2.64. The maximum atomic E-state index is 12.6. The monoisotopic (exact) mass is 309 g/mol. The molecule has 1 fully saturated rings. The fourth-order valence-corrected chi connectivity index (χ4v) is 3.29. The molecule has 3 N–H and O–H groups in total. The molecule has 2 aromatic rings. The van der Waals surface area contributed by atoms with Crippen molar-refractivity contribution >= 4 is 23.0 Å². The fraction of sp³-hybridized carbons (Fsp3) is 0.278. The Morgan fingerprint density at radius 3 is 2.48 bits per heavy atom. The zero-order valence-electron chi connectivity index (χ0n) is 12.8. The number of rotatable bonds is 1. The van der Waals surface area contributed by atoms with Crippen LogP contribution in [-0.4, -0.2) is 24.6 Å². The topological polar surface area (TPSA) is 67.6 Å². The minimum Gasteiger partial charge on any atom is -0.475 e. The van der Waals surface area contributed by atoms with Crippen molar-refractivity contribution in [2.24, 2.45) is 0 Å². The lowest BCUT2D eigenvalue weighted by molar-refractivity contribution is -0.134. The number of hydrogen-bond donors (Lipinski definition) is 2. The molecule has 0 radical (unpaired) electrons. The summed E-state index contributed by atoms with van der Waals surface area (Å²) in [5.41, 5.74) is 7.63. The second-order valence-corrected chi connectivity index (χ2v) is 6.13. The third kappa shape index (κ3) is 2.38. The molecule has 118 valence electrons. The van der Waals surface area contributed by atoms with E-state index in [2.05, 4.69) is 10.2 Å². The molecular formula is C18H19N3O2. The summed E-state index contributed by atoms with van der Waals surface area (Å²) in [4.78, 5) is 14.8. The highest BCUT2D eigenvalue weighted by Crippen LogP contribution is 2.39. The minimum atomic E-state index is -0.751. The molecule has 1 saturated heterocycles. The summed E-state index contributed by atoms with van der Waals surface area (Å²) in [7, 11) is 0. The first kappa shape index (κ1) is 13.9. The first-order chi connectivity index (χ1) is 11.2. The van der Waals surface area contributed by atoms with E-state index >= 15 is 0 Å². The van der Waals surface area contributed by atoms with E-state index in [0.717, 1.165) is 35.9 Å². The zero-order valence-corrected chi connectivity index (χ0v) is 12.8. The van der Waals surface area contributed by atoms with E-state index < -0.39 is 5.60 Å². The summed E-state index contributed by atoms with van der Waals surface area (Å²) < 4.78 is 6.12. The number of anilines is 3. The number of amides is 1. The van der Waals surface area contributed by atoms with Gasteiger partial charge in [0.25, 0.3) is 5.91 Å². The maximum absolute atomic E-state index is 12.6. The number of carbonyl (C=O) groups excluding carboxylic acids is 1. The van der Waals surface area contributed by atoms with Gasteiger partial charge >= 0.3 is 0 Å². The highest BCUT2D eigenvalue weighted by Gasteiger charge is 2.46. The van der Waals surface area contributed by atoms with Gasteiger partial charge in [-0.2, -0.15) is 0 Å². The van der Waals surface area contributed by atoms with Gasteiger partial charge in [-0.25, -0.2) is 0 Å². The lowest BCUT2D eigenvalue weighted by Crippen LogP contribution is -2.57. The van der Waals surface area contributed by atoms with Crippen LogP contribution in [0.3, 0.4) is 0 Å². The van der Waals surface area contributed by atoms with Gasteiger partial charge in [-0.05, 0) is 36.4 Å². The second-order valence-electron chi connectivity index (χ2n) is 6.13. The number of piperidine rings is 1. The zero-order chi connectivity index (χ0) is 15.9. The lowest BCUT2D eigenvalue weighted by atomic mass is 9.88. The predicted molar refractivity (Wildman–Crippen MR) is 90.7 cm³/mol. The molecule has 1 spiro atoms. The smallest absolute Gasteiger partial charge is 0.268 e. The van der Waals surface area contributed by atoms with Gasteiger partial charge in [0.15, 0.2) is 5.60 Å². The van der Waals surface area contributed by atoms with Gasteiger partial charge in [0.2, 0.25) is 0 Å². The van der Waals surface area contributed by atoms with Crippen molar-refractivity contribution in [3.05, 3.63) is 48.5 Å². The van der Waals surface area contributed by atoms with Crippen molar-refractivity contribution in [1.82, 2.24) is 0 Å². The van der Waals surface area contributed by atoms with E-state index in [-0.39, 0.29) is 5.91 Å². The molecule has 0 unspecified atom stereocenters. The third-order valence-electron chi connectivity index (χ3n) is 4.68. The molecular weight excluding hydrogens is 290 g/mol. The van der Waals surface area contributed by atoms with Crippen LogP contribution in [0.2, 0.25) is 0 Å². The SMILES string of the molecule is Nc1ccc(N2CCC3(CC2)Oc2ccccc2NC3=O)cc1. The molecule has 5 heteroatoms. The quantitative estimate of drug-likeness (QED) is 0.795.